The van der Waals surface area contributed by atoms with Gasteiger partial charge in [-0.2, -0.15) is 0 Å². The highest BCUT2D eigenvalue weighted by Gasteiger charge is 2.19. The van der Waals surface area contributed by atoms with E-state index >= 15 is 0 Å². The fourth-order valence-corrected chi connectivity index (χ4v) is 9.82. The summed E-state index contributed by atoms with van der Waals surface area (Å²) >= 11 is 0. The van der Waals surface area contributed by atoms with Crippen molar-refractivity contribution in [3.63, 3.8) is 0 Å². The molecule has 0 saturated heterocycles. The van der Waals surface area contributed by atoms with E-state index in [2.05, 4.69) is 130 Å². The molecule has 82 heavy (non-hydrogen) atoms. The molecule has 0 N–H and O–H groups in total. The summed E-state index contributed by atoms with van der Waals surface area (Å²) in [6.07, 6.45) is 95.5. The van der Waals surface area contributed by atoms with Crippen LogP contribution in [0.25, 0.3) is 0 Å². The second-order valence-corrected chi connectivity index (χ2v) is 23.1. The van der Waals surface area contributed by atoms with E-state index in [1.165, 1.54) is 173 Å². The first-order valence-corrected chi connectivity index (χ1v) is 34.9. The molecule has 0 amide bonds. The quantitative estimate of drug-likeness (QED) is 0.0261. The first kappa shape index (κ1) is 78.1. The molecule has 0 bridgehead atoms. The van der Waals surface area contributed by atoms with E-state index in [-0.39, 0.29) is 37.5 Å². The molecule has 470 valence electrons. The van der Waals surface area contributed by atoms with E-state index in [9.17, 15) is 14.4 Å². The van der Waals surface area contributed by atoms with Gasteiger partial charge in [-0.05, 0) is 103 Å². The smallest absolute Gasteiger partial charge is 0.306 e. The Morgan fingerprint density at radius 3 is 0.793 bits per heavy atom. The van der Waals surface area contributed by atoms with Gasteiger partial charge in [0.25, 0.3) is 0 Å². The second-order valence-electron chi connectivity index (χ2n) is 23.1. The second kappa shape index (κ2) is 69.6. The maximum atomic E-state index is 12.9. The molecule has 6 nitrogen and oxygen atoms in total. The number of carbonyl (C=O) groups is 3. The van der Waals surface area contributed by atoms with E-state index in [4.69, 9.17) is 14.2 Å². The number of carbonyl (C=O) groups excluding carboxylic acids is 3. The average Bonchev–Trinajstić information content (AvgIpc) is 3.47. The van der Waals surface area contributed by atoms with Gasteiger partial charge in [-0.25, -0.2) is 0 Å². The largest absolute Gasteiger partial charge is 0.462 e. The SMILES string of the molecule is CC/C=C\C/C=C\C/C=C\C/C=C\C/C=C\C/C=C\C/C=C\CCCC(=O)OC(COC(=O)CCCCCCC/C=C\C/C=C\CCCCCC)COC(=O)CCCCCCCCCCCCCCCCCCCCCCCCCCC. The lowest BCUT2D eigenvalue weighted by Gasteiger charge is -2.18. The van der Waals surface area contributed by atoms with Crippen molar-refractivity contribution in [2.75, 3.05) is 13.2 Å². The van der Waals surface area contributed by atoms with Crippen LogP contribution in [0.2, 0.25) is 0 Å². The minimum absolute atomic E-state index is 0.104. The molecule has 0 radical (unpaired) electrons. The summed E-state index contributed by atoms with van der Waals surface area (Å²) in [7, 11) is 0. The third-order valence-electron chi connectivity index (χ3n) is 15.0. The number of rotatable bonds is 63. The zero-order valence-electron chi connectivity index (χ0n) is 54.0. The molecule has 0 fully saturated rings. The lowest BCUT2D eigenvalue weighted by molar-refractivity contribution is -0.167. The predicted octanol–water partition coefficient (Wildman–Crippen LogP) is 24.2. The lowest BCUT2D eigenvalue weighted by Crippen LogP contribution is -2.30. The molecule has 0 aromatic heterocycles. The number of ether oxygens (including phenoxy) is 3. The van der Waals surface area contributed by atoms with Crippen LogP contribution in [0.3, 0.4) is 0 Å². The van der Waals surface area contributed by atoms with Gasteiger partial charge in [0.15, 0.2) is 6.10 Å². The molecule has 0 aliphatic carbocycles. The maximum absolute atomic E-state index is 12.9. The first-order valence-electron chi connectivity index (χ1n) is 34.9. The summed E-state index contributed by atoms with van der Waals surface area (Å²) in [5.41, 5.74) is 0. The fourth-order valence-electron chi connectivity index (χ4n) is 9.82. The molecular formula is C76H130O6. The normalized spacial score (nSPS) is 12.8. The number of allylic oxidation sites excluding steroid dienone is 18. The summed E-state index contributed by atoms with van der Waals surface area (Å²) in [6, 6.07) is 0. The molecule has 0 rings (SSSR count). The molecule has 1 unspecified atom stereocenters. The van der Waals surface area contributed by atoms with Gasteiger partial charge in [0.05, 0.1) is 0 Å². The van der Waals surface area contributed by atoms with E-state index in [0.717, 1.165) is 116 Å². The fraction of sp³-hybridized carbons (Fsp3) is 0.724. The molecule has 0 aromatic rings. The molecule has 0 heterocycles. The molecule has 0 saturated carbocycles. The minimum atomic E-state index is -0.817. The topological polar surface area (TPSA) is 78.9 Å². The first-order chi connectivity index (χ1) is 40.5. The van der Waals surface area contributed by atoms with Gasteiger partial charge in [0, 0.05) is 19.3 Å². The third kappa shape index (κ3) is 66.9. The van der Waals surface area contributed by atoms with Gasteiger partial charge in [-0.3, -0.25) is 14.4 Å². The van der Waals surface area contributed by atoms with Crippen molar-refractivity contribution in [1.29, 1.82) is 0 Å². The number of esters is 3. The Bertz CT molecular complexity index is 1640. The summed E-state index contributed by atoms with van der Waals surface area (Å²) in [4.78, 5) is 38.4. The summed E-state index contributed by atoms with van der Waals surface area (Å²) in [5, 5.41) is 0. The summed E-state index contributed by atoms with van der Waals surface area (Å²) in [6.45, 7) is 6.49. The van der Waals surface area contributed by atoms with Crippen LogP contribution in [0.4, 0.5) is 0 Å². The zero-order chi connectivity index (χ0) is 59.2. The standard InChI is InChI=1S/C76H130O6/c1-4-7-10-13-16-19-22-25-28-31-33-35-37-38-40-41-43-45-48-51-54-57-60-63-66-69-75(78)81-72-73(71-80-74(77)68-65-62-59-56-53-50-47-30-27-24-21-18-15-12-9-6-3)82-76(79)70-67-64-61-58-55-52-49-46-44-42-39-36-34-32-29-26-23-20-17-14-11-8-5-2/h8,11,17,20-21,24,26,29-30,34,36,42,44,47,49,52,58,61,73H,4-7,9-10,12-16,18-19,22-23,25,27-28,31-33,35,37-41,43,45-46,48,50-51,53-57,59-60,62-72H2,1-3H3/b11-8-,20-17-,24-21-,29-26-,36-34-,44-42-,47-30-,52-49-,61-58-. The van der Waals surface area contributed by atoms with E-state index in [1.54, 1.807) is 0 Å². The van der Waals surface area contributed by atoms with Gasteiger partial charge < -0.3 is 14.2 Å². The maximum Gasteiger partial charge on any atom is 0.306 e. The Labute approximate surface area is 508 Å². The number of hydrogen-bond donors (Lipinski definition) is 0. The molecule has 0 spiro atoms. The predicted molar refractivity (Wildman–Crippen MR) is 357 cm³/mol. The lowest BCUT2D eigenvalue weighted by atomic mass is 10.0. The molecular weight excluding hydrogens is 1010 g/mol. The monoisotopic (exact) mass is 1140 g/mol. The molecule has 6 heteroatoms. The molecule has 0 aliphatic rings. The van der Waals surface area contributed by atoms with Crippen molar-refractivity contribution < 1.29 is 28.6 Å². The Hall–Kier alpha value is -3.93. The van der Waals surface area contributed by atoms with Gasteiger partial charge in [-0.15, -0.1) is 0 Å². The summed E-state index contributed by atoms with van der Waals surface area (Å²) < 4.78 is 16.9. The van der Waals surface area contributed by atoms with Crippen molar-refractivity contribution in [2.45, 2.75) is 341 Å². The van der Waals surface area contributed by atoms with Crippen molar-refractivity contribution in [3.8, 4) is 0 Å². The van der Waals surface area contributed by atoms with Crippen molar-refractivity contribution in [1.82, 2.24) is 0 Å². The zero-order valence-corrected chi connectivity index (χ0v) is 54.0. The van der Waals surface area contributed by atoms with Crippen LogP contribution in [0.15, 0.2) is 109 Å². The molecule has 0 aromatic carbocycles. The van der Waals surface area contributed by atoms with Crippen LogP contribution < -0.4 is 0 Å². The minimum Gasteiger partial charge on any atom is -0.462 e. The van der Waals surface area contributed by atoms with Crippen LogP contribution in [-0.4, -0.2) is 37.2 Å². The van der Waals surface area contributed by atoms with Crippen LogP contribution >= 0.6 is 0 Å². The third-order valence-corrected chi connectivity index (χ3v) is 15.0. The Morgan fingerprint density at radius 1 is 0.256 bits per heavy atom. The number of hydrogen-bond acceptors (Lipinski definition) is 6. The summed E-state index contributed by atoms with van der Waals surface area (Å²) in [5.74, 6) is -0.966. The van der Waals surface area contributed by atoms with Gasteiger partial charge in [0.2, 0.25) is 0 Å². The highest BCUT2D eigenvalue weighted by Crippen LogP contribution is 2.17. The Morgan fingerprint density at radius 2 is 0.488 bits per heavy atom. The van der Waals surface area contributed by atoms with Gasteiger partial charge in [0.1, 0.15) is 13.2 Å². The number of unbranched alkanes of at least 4 members (excludes halogenated alkanes) is 34. The van der Waals surface area contributed by atoms with Crippen LogP contribution in [0.1, 0.15) is 335 Å². The van der Waals surface area contributed by atoms with Crippen LogP contribution in [0, 0.1) is 0 Å². The van der Waals surface area contributed by atoms with Crippen molar-refractivity contribution >= 4 is 17.9 Å². The van der Waals surface area contributed by atoms with E-state index in [1.807, 2.05) is 0 Å². The highest BCUT2D eigenvalue weighted by atomic mass is 16.6. The van der Waals surface area contributed by atoms with Crippen LogP contribution in [-0.2, 0) is 28.6 Å². The van der Waals surface area contributed by atoms with E-state index in [0.29, 0.717) is 19.3 Å². The highest BCUT2D eigenvalue weighted by molar-refractivity contribution is 5.71. The Kier molecular flexibility index (Phi) is 66.2. The van der Waals surface area contributed by atoms with E-state index < -0.39 is 6.10 Å². The average molecular weight is 1140 g/mol. The van der Waals surface area contributed by atoms with Crippen molar-refractivity contribution in [2.24, 2.45) is 0 Å². The van der Waals surface area contributed by atoms with Crippen LogP contribution in [0.5, 0.6) is 0 Å². The Balaban J connectivity index is 4.43. The van der Waals surface area contributed by atoms with Crippen molar-refractivity contribution in [3.05, 3.63) is 109 Å². The van der Waals surface area contributed by atoms with Gasteiger partial charge in [-0.1, -0.05) is 323 Å². The molecule has 1 atom stereocenters. The molecule has 0 aliphatic heterocycles. The van der Waals surface area contributed by atoms with Gasteiger partial charge >= 0.3 is 17.9 Å².